The molecule has 20 heavy (non-hydrogen) atoms. The minimum absolute atomic E-state index is 0.282. The molecular weight excluding hydrogens is 274 g/mol. The van der Waals surface area contributed by atoms with Gasteiger partial charge in [0.1, 0.15) is 10.6 Å². The molecule has 1 aliphatic heterocycles. The molecule has 1 unspecified atom stereocenters. The van der Waals surface area contributed by atoms with E-state index < -0.39 is 0 Å². The van der Waals surface area contributed by atoms with Crippen LogP contribution in [0.25, 0.3) is 0 Å². The third-order valence-electron chi connectivity index (χ3n) is 3.66. The van der Waals surface area contributed by atoms with Crippen molar-refractivity contribution in [3.05, 3.63) is 11.3 Å². The van der Waals surface area contributed by atoms with Crippen molar-refractivity contribution < 1.29 is 9.53 Å². The van der Waals surface area contributed by atoms with E-state index >= 15 is 0 Å². The van der Waals surface area contributed by atoms with E-state index in [1.807, 2.05) is 13.8 Å². The van der Waals surface area contributed by atoms with Gasteiger partial charge in [0.15, 0.2) is 0 Å². The lowest BCUT2D eigenvalue weighted by atomic mass is 10.2. The Kier molecular flexibility index (Phi) is 5.37. The first kappa shape index (κ1) is 15.3. The number of aromatic nitrogens is 1. The van der Waals surface area contributed by atoms with E-state index in [4.69, 9.17) is 4.74 Å². The molecule has 6 heteroatoms. The summed E-state index contributed by atoms with van der Waals surface area (Å²) in [6, 6.07) is 0.468. The Morgan fingerprint density at radius 1 is 1.50 bits per heavy atom. The fourth-order valence-corrected chi connectivity index (χ4v) is 3.28. The zero-order valence-corrected chi connectivity index (χ0v) is 13.3. The number of ether oxygens (including phenoxy) is 1. The molecule has 0 spiro atoms. The predicted octanol–water partition coefficient (Wildman–Crippen LogP) is 2.52. The molecule has 1 N–H and O–H groups in total. The number of hydrogen-bond acceptors (Lipinski definition) is 6. The van der Waals surface area contributed by atoms with Crippen molar-refractivity contribution >= 4 is 22.5 Å². The highest BCUT2D eigenvalue weighted by Crippen LogP contribution is 2.25. The van der Waals surface area contributed by atoms with Crippen molar-refractivity contribution in [1.82, 2.24) is 9.27 Å². The Bertz CT molecular complexity index is 455. The highest BCUT2D eigenvalue weighted by molar-refractivity contribution is 7.10. The zero-order chi connectivity index (χ0) is 14.5. The van der Waals surface area contributed by atoms with E-state index in [1.165, 1.54) is 37.5 Å². The van der Waals surface area contributed by atoms with E-state index in [1.54, 1.807) is 0 Å². The van der Waals surface area contributed by atoms with E-state index in [0.29, 0.717) is 18.2 Å². The number of carbonyl (C=O) groups is 1. The summed E-state index contributed by atoms with van der Waals surface area (Å²) in [6.45, 7) is 9.44. The van der Waals surface area contributed by atoms with Gasteiger partial charge in [-0.1, -0.05) is 0 Å². The van der Waals surface area contributed by atoms with Gasteiger partial charge in [-0.3, -0.25) is 4.90 Å². The summed E-state index contributed by atoms with van der Waals surface area (Å²) in [5.74, 6) is -0.282. The van der Waals surface area contributed by atoms with E-state index in [0.717, 1.165) is 17.2 Å². The normalized spacial score (nSPS) is 17.1. The number of carbonyl (C=O) groups excluding carboxylic acids is 1. The molecule has 1 aromatic heterocycles. The summed E-state index contributed by atoms with van der Waals surface area (Å²) in [6.07, 6.45) is 2.58. The molecule has 1 aromatic rings. The van der Waals surface area contributed by atoms with Gasteiger partial charge in [-0.15, -0.1) is 0 Å². The van der Waals surface area contributed by atoms with Gasteiger partial charge in [0.25, 0.3) is 0 Å². The highest BCUT2D eigenvalue weighted by atomic mass is 32.1. The maximum atomic E-state index is 11.9. The zero-order valence-electron chi connectivity index (χ0n) is 12.4. The number of rotatable bonds is 6. The quantitative estimate of drug-likeness (QED) is 0.818. The predicted molar refractivity (Wildman–Crippen MR) is 81.6 cm³/mol. The molecule has 112 valence electrons. The van der Waals surface area contributed by atoms with E-state index in [9.17, 15) is 4.79 Å². The summed E-state index contributed by atoms with van der Waals surface area (Å²) < 4.78 is 9.35. The lowest BCUT2D eigenvalue weighted by Crippen LogP contribution is -2.35. The summed E-state index contributed by atoms with van der Waals surface area (Å²) in [4.78, 5) is 14.4. The minimum Gasteiger partial charge on any atom is -0.462 e. The molecular formula is C14H23N3O2S. The van der Waals surface area contributed by atoms with Crippen LogP contribution >= 0.6 is 11.5 Å². The van der Waals surface area contributed by atoms with Crippen LogP contribution in [0.5, 0.6) is 0 Å². The monoisotopic (exact) mass is 297 g/mol. The number of anilines is 1. The average molecular weight is 297 g/mol. The smallest absolute Gasteiger partial charge is 0.343 e. The van der Waals surface area contributed by atoms with Gasteiger partial charge in [-0.2, -0.15) is 4.37 Å². The number of hydrogen-bond donors (Lipinski definition) is 1. The third-order valence-corrected chi connectivity index (χ3v) is 4.56. The van der Waals surface area contributed by atoms with Crippen molar-refractivity contribution in [2.24, 2.45) is 0 Å². The fraction of sp³-hybridized carbons (Fsp3) is 0.714. The SMILES string of the molecule is CCOC(=O)c1c(C)nsc1NCC(C)N1CCCC1. The number of nitrogens with zero attached hydrogens (tertiary/aromatic N) is 2. The Morgan fingerprint density at radius 2 is 2.20 bits per heavy atom. The number of esters is 1. The summed E-state index contributed by atoms with van der Waals surface area (Å²) >= 11 is 1.33. The lowest BCUT2D eigenvalue weighted by molar-refractivity contribution is 0.0527. The van der Waals surface area contributed by atoms with Gasteiger partial charge in [-0.25, -0.2) is 4.79 Å². The molecule has 1 saturated heterocycles. The Balaban J connectivity index is 1.97. The summed E-state index contributed by atoms with van der Waals surface area (Å²) in [7, 11) is 0. The van der Waals surface area contributed by atoms with Crippen molar-refractivity contribution in [3.8, 4) is 0 Å². The molecule has 2 rings (SSSR count). The van der Waals surface area contributed by atoms with E-state index in [2.05, 4.69) is 21.5 Å². The standard InChI is InChI=1S/C14H23N3O2S/c1-4-19-14(18)12-11(3)16-20-13(12)15-9-10(2)17-7-5-6-8-17/h10,15H,4-9H2,1-3H3. The van der Waals surface area contributed by atoms with Gasteiger partial charge in [0.05, 0.1) is 12.3 Å². The van der Waals surface area contributed by atoms with Crippen LogP contribution in [0, 0.1) is 6.92 Å². The first-order valence-corrected chi connectivity index (χ1v) is 8.02. The van der Waals surface area contributed by atoms with Gasteiger partial charge in [0, 0.05) is 12.6 Å². The highest BCUT2D eigenvalue weighted by Gasteiger charge is 2.22. The van der Waals surface area contributed by atoms with Gasteiger partial charge < -0.3 is 10.1 Å². The second-order valence-corrected chi connectivity index (χ2v) is 5.94. The van der Waals surface area contributed by atoms with Crippen LogP contribution in [-0.4, -0.2) is 47.5 Å². The molecule has 5 nitrogen and oxygen atoms in total. The molecule has 0 aromatic carbocycles. The molecule has 0 aliphatic carbocycles. The Hall–Kier alpha value is -1.14. The maximum absolute atomic E-state index is 11.9. The topological polar surface area (TPSA) is 54.5 Å². The molecule has 0 amide bonds. The summed E-state index contributed by atoms with van der Waals surface area (Å²) in [5, 5.41) is 4.19. The molecule has 1 atom stereocenters. The second-order valence-electron chi connectivity index (χ2n) is 5.17. The van der Waals surface area contributed by atoms with Gasteiger partial charge >= 0.3 is 5.97 Å². The number of nitrogens with one attached hydrogen (secondary N) is 1. The molecule has 2 heterocycles. The van der Waals surface area contributed by atoms with Crippen molar-refractivity contribution in [2.45, 2.75) is 39.7 Å². The maximum Gasteiger partial charge on any atom is 0.343 e. The third kappa shape index (κ3) is 3.49. The van der Waals surface area contributed by atoms with Gasteiger partial charge in [0.2, 0.25) is 0 Å². The first-order chi connectivity index (χ1) is 9.63. The average Bonchev–Trinajstić information content (AvgIpc) is 3.05. The first-order valence-electron chi connectivity index (χ1n) is 7.24. The molecule has 1 aliphatic rings. The Labute approximate surface area is 124 Å². The largest absolute Gasteiger partial charge is 0.462 e. The summed E-state index contributed by atoms with van der Waals surface area (Å²) in [5.41, 5.74) is 1.33. The molecule has 1 fully saturated rings. The number of likely N-dealkylation sites (tertiary alicyclic amines) is 1. The Morgan fingerprint density at radius 3 is 2.85 bits per heavy atom. The van der Waals surface area contributed by atoms with Crippen LogP contribution in [0.15, 0.2) is 0 Å². The van der Waals surface area contributed by atoms with Crippen LogP contribution in [-0.2, 0) is 4.74 Å². The van der Waals surface area contributed by atoms with Gasteiger partial charge in [-0.05, 0) is 58.2 Å². The number of aryl methyl sites for hydroxylation is 1. The molecule has 0 saturated carbocycles. The van der Waals surface area contributed by atoms with Crippen LogP contribution in [0.4, 0.5) is 5.00 Å². The van der Waals surface area contributed by atoms with Crippen LogP contribution < -0.4 is 5.32 Å². The fourth-order valence-electron chi connectivity index (χ4n) is 2.49. The minimum atomic E-state index is -0.282. The van der Waals surface area contributed by atoms with Crippen molar-refractivity contribution in [1.29, 1.82) is 0 Å². The van der Waals surface area contributed by atoms with Crippen molar-refractivity contribution in [3.63, 3.8) is 0 Å². The van der Waals surface area contributed by atoms with Crippen LogP contribution in [0.2, 0.25) is 0 Å². The van der Waals surface area contributed by atoms with E-state index in [-0.39, 0.29) is 5.97 Å². The van der Waals surface area contributed by atoms with Crippen LogP contribution in [0.3, 0.4) is 0 Å². The second kappa shape index (κ2) is 7.04. The van der Waals surface area contributed by atoms with Crippen LogP contribution in [0.1, 0.15) is 42.7 Å². The van der Waals surface area contributed by atoms with Crippen molar-refractivity contribution in [2.75, 3.05) is 31.6 Å². The lowest BCUT2D eigenvalue weighted by Gasteiger charge is -2.24. The molecule has 0 bridgehead atoms. The molecule has 0 radical (unpaired) electrons.